The molecule has 15 heavy (non-hydrogen) atoms. The molecule has 0 aliphatic heterocycles. The van der Waals surface area contributed by atoms with Crippen molar-refractivity contribution in [1.82, 2.24) is 0 Å². The smallest absolute Gasteiger partial charge is 0.158 e. The summed E-state index contributed by atoms with van der Waals surface area (Å²) in [6, 6.07) is 8.56. The van der Waals surface area contributed by atoms with Crippen molar-refractivity contribution in [3.63, 3.8) is 0 Å². The number of hydrogen-bond donors (Lipinski definition) is 1. The number of nitrogens with zero attached hydrogens (tertiary/aromatic N) is 1. The average molecular weight is 201 g/mol. The Kier molecular flexibility index (Phi) is 3.37. The summed E-state index contributed by atoms with van der Waals surface area (Å²) in [5, 5.41) is 18.6. The maximum absolute atomic E-state index is 11.0. The molecule has 3 heteroatoms. The zero-order valence-corrected chi connectivity index (χ0v) is 8.40. The molecule has 1 aromatic rings. The van der Waals surface area contributed by atoms with Crippen molar-refractivity contribution < 1.29 is 9.90 Å². The number of aliphatic hydroxyl groups excluding tert-OH is 1. The summed E-state index contributed by atoms with van der Waals surface area (Å²) in [6.07, 6.45) is -1.10. The highest BCUT2D eigenvalue weighted by Gasteiger charge is 2.17. The highest BCUT2D eigenvalue weighted by Crippen LogP contribution is 2.23. The van der Waals surface area contributed by atoms with E-state index < -0.39 is 6.10 Å². The highest BCUT2D eigenvalue weighted by molar-refractivity contribution is 5.93. The van der Waals surface area contributed by atoms with Gasteiger partial charge in [0.25, 0.3) is 0 Å². The highest BCUT2D eigenvalue weighted by atomic mass is 16.3. The van der Waals surface area contributed by atoms with Gasteiger partial charge in [-0.2, -0.15) is 5.26 Å². The third kappa shape index (κ3) is 2.30. The second-order valence-corrected chi connectivity index (χ2v) is 3.18. The molecule has 0 amide bonds. The Morgan fingerprint density at radius 1 is 1.53 bits per heavy atom. The van der Waals surface area contributed by atoms with Crippen molar-refractivity contribution >= 4 is 5.78 Å². The van der Waals surface area contributed by atoms with Crippen molar-refractivity contribution in [2.75, 3.05) is 0 Å². The molecule has 0 spiro atoms. The summed E-state index contributed by atoms with van der Waals surface area (Å²) >= 11 is 0. The van der Waals surface area contributed by atoms with E-state index in [9.17, 15) is 9.90 Å². The Balaban J connectivity index is 3.12. The van der Waals surface area contributed by atoms with Gasteiger partial charge in [0.1, 0.15) is 6.10 Å². The van der Waals surface area contributed by atoms with Gasteiger partial charge < -0.3 is 5.11 Å². The molecule has 0 saturated heterocycles. The van der Waals surface area contributed by atoms with Crippen molar-refractivity contribution in [2.24, 2.45) is 0 Å². The van der Waals surface area contributed by atoms with E-state index in [-0.39, 0.29) is 11.4 Å². The van der Waals surface area contributed by atoms with Gasteiger partial charge >= 0.3 is 0 Å². The first kappa shape index (κ1) is 11.2. The molecular formula is C12H11NO2. The van der Waals surface area contributed by atoms with Crippen molar-refractivity contribution in [3.05, 3.63) is 47.5 Å². The lowest BCUT2D eigenvalue weighted by atomic mass is 9.96. The second kappa shape index (κ2) is 4.54. The quantitative estimate of drug-likeness (QED) is 0.757. The van der Waals surface area contributed by atoms with Gasteiger partial charge in [-0.05, 0) is 13.0 Å². The van der Waals surface area contributed by atoms with Gasteiger partial charge in [0.2, 0.25) is 0 Å². The molecule has 1 rings (SSSR count). The monoisotopic (exact) mass is 201 g/mol. The fourth-order valence-electron chi connectivity index (χ4n) is 1.22. The summed E-state index contributed by atoms with van der Waals surface area (Å²) in [6.45, 7) is 4.83. The Hall–Kier alpha value is -1.92. The second-order valence-electron chi connectivity index (χ2n) is 3.18. The summed E-state index contributed by atoms with van der Waals surface area (Å²) in [4.78, 5) is 11.0. The molecule has 0 aliphatic rings. The van der Waals surface area contributed by atoms with Crippen LogP contribution in [-0.2, 0) is 4.79 Å². The fraction of sp³-hybridized carbons (Fsp3) is 0.167. The Morgan fingerprint density at radius 3 is 2.67 bits per heavy atom. The molecule has 0 heterocycles. The first-order valence-electron chi connectivity index (χ1n) is 4.44. The minimum atomic E-state index is -1.10. The van der Waals surface area contributed by atoms with Gasteiger partial charge in [-0.1, -0.05) is 24.8 Å². The van der Waals surface area contributed by atoms with Crippen LogP contribution >= 0.6 is 0 Å². The van der Waals surface area contributed by atoms with E-state index in [1.54, 1.807) is 24.3 Å². The van der Waals surface area contributed by atoms with Gasteiger partial charge in [0, 0.05) is 11.1 Å². The molecule has 0 fully saturated rings. The zero-order valence-electron chi connectivity index (χ0n) is 8.40. The van der Waals surface area contributed by atoms with Crippen molar-refractivity contribution in [2.45, 2.75) is 13.0 Å². The van der Waals surface area contributed by atoms with E-state index in [2.05, 4.69) is 6.58 Å². The summed E-state index contributed by atoms with van der Waals surface area (Å²) in [5.74, 6) is -0.282. The molecule has 1 aromatic carbocycles. The lowest BCUT2D eigenvalue weighted by Gasteiger charge is -2.12. The molecule has 0 aliphatic carbocycles. The van der Waals surface area contributed by atoms with Crippen LogP contribution in [0.4, 0.5) is 0 Å². The predicted molar refractivity (Wildman–Crippen MR) is 55.9 cm³/mol. The third-order valence-corrected chi connectivity index (χ3v) is 2.16. The van der Waals surface area contributed by atoms with E-state index in [4.69, 9.17) is 5.26 Å². The first-order valence-corrected chi connectivity index (χ1v) is 4.44. The Bertz CT molecular complexity index is 443. The van der Waals surface area contributed by atoms with E-state index in [0.717, 1.165) is 0 Å². The van der Waals surface area contributed by atoms with Gasteiger partial charge in [-0.15, -0.1) is 0 Å². The van der Waals surface area contributed by atoms with Gasteiger partial charge in [0.05, 0.1) is 11.6 Å². The molecule has 0 bridgehead atoms. The van der Waals surface area contributed by atoms with Crippen LogP contribution in [0.25, 0.3) is 0 Å². The van der Waals surface area contributed by atoms with E-state index >= 15 is 0 Å². The number of carbonyl (C=O) groups excluding carboxylic acids is 1. The SMILES string of the molecule is C=C(C(C)=O)C(O)c1ccccc1C#N. The van der Waals surface area contributed by atoms with Crippen LogP contribution in [-0.4, -0.2) is 10.9 Å². The molecule has 1 N–H and O–H groups in total. The minimum absolute atomic E-state index is 0.0951. The van der Waals surface area contributed by atoms with E-state index in [1.165, 1.54) is 6.92 Å². The average Bonchev–Trinajstić information content (AvgIpc) is 2.26. The topological polar surface area (TPSA) is 61.1 Å². The lowest BCUT2D eigenvalue weighted by Crippen LogP contribution is -2.08. The Morgan fingerprint density at radius 2 is 2.13 bits per heavy atom. The number of aliphatic hydroxyl groups is 1. The molecule has 3 nitrogen and oxygen atoms in total. The summed E-state index contributed by atoms with van der Waals surface area (Å²) < 4.78 is 0. The number of carbonyl (C=O) groups is 1. The van der Waals surface area contributed by atoms with Crippen LogP contribution in [0.3, 0.4) is 0 Å². The van der Waals surface area contributed by atoms with Crippen molar-refractivity contribution in [3.8, 4) is 6.07 Å². The predicted octanol–water partition coefficient (Wildman–Crippen LogP) is 1.74. The fourth-order valence-corrected chi connectivity index (χ4v) is 1.22. The van der Waals surface area contributed by atoms with Gasteiger partial charge in [0.15, 0.2) is 5.78 Å². The molecule has 1 unspecified atom stereocenters. The van der Waals surface area contributed by atoms with E-state index in [0.29, 0.717) is 11.1 Å². The maximum Gasteiger partial charge on any atom is 0.158 e. The maximum atomic E-state index is 11.0. The van der Waals surface area contributed by atoms with Crippen LogP contribution in [0.1, 0.15) is 24.2 Å². The van der Waals surface area contributed by atoms with Gasteiger partial charge in [-0.3, -0.25) is 4.79 Å². The van der Waals surface area contributed by atoms with Crippen LogP contribution in [0.15, 0.2) is 36.4 Å². The summed E-state index contributed by atoms with van der Waals surface area (Å²) in [7, 11) is 0. The third-order valence-electron chi connectivity index (χ3n) is 2.16. The van der Waals surface area contributed by atoms with Crippen molar-refractivity contribution in [1.29, 1.82) is 5.26 Å². The minimum Gasteiger partial charge on any atom is -0.383 e. The first-order chi connectivity index (χ1) is 7.07. The van der Waals surface area contributed by atoms with Crippen LogP contribution < -0.4 is 0 Å². The molecule has 0 radical (unpaired) electrons. The molecule has 1 atom stereocenters. The number of Topliss-reactive ketones (excluding diaryl/α,β-unsaturated/α-hetero) is 1. The molecule has 0 saturated carbocycles. The van der Waals surface area contributed by atoms with E-state index in [1.807, 2.05) is 6.07 Å². The molecule has 0 aromatic heterocycles. The number of benzene rings is 1. The Labute approximate surface area is 88.3 Å². The molecular weight excluding hydrogens is 190 g/mol. The zero-order chi connectivity index (χ0) is 11.4. The number of hydrogen-bond acceptors (Lipinski definition) is 3. The summed E-state index contributed by atoms with van der Waals surface area (Å²) in [5.41, 5.74) is 0.866. The standard InChI is InChI=1S/C12H11NO2/c1-8(9(2)14)12(15)11-6-4-3-5-10(11)7-13/h3-6,12,15H,1H2,2H3. The van der Waals surface area contributed by atoms with Crippen LogP contribution in [0.5, 0.6) is 0 Å². The van der Waals surface area contributed by atoms with Crippen LogP contribution in [0.2, 0.25) is 0 Å². The van der Waals surface area contributed by atoms with Crippen LogP contribution in [0, 0.1) is 11.3 Å². The molecule has 76 valence electrons. The number of nitriles is 1. The number of ketones is 1. The van der Waals surface area contributed by atoms with Gasteiger partial charge in [-0.25, -0.2) is 0 Å². The lowest BCUT2D eigenvalue weighted by molar-refractivity contribution is -0.114. The normalized spacial score (nSPS) is 11.5. The largest absolute Gasteiger partial charge is 0.383 e. The number of rotatable bonds is 3.